The van der Waals surface area contributed by atoms with Crippen molar-refractivity contribution in [2.75, 3.05) is 25.0 Å². The molecule has 0 bridgehead atoms. The first-order valence-electron chi connectivity index (χ1n) is 6.53. The fraction of sp³-hybridized carbons (Fsp3) is 0.583. The molecule has 2 aromatic rings. The zero-order chi connectivity index (χ0) is 13.2. The molecular formula is C12H18N6S. The summed E-state index contributed by atoms with van der Waals surface area (Å²) in [7, 11) is 2.02. The number of aryl methyl sites for hydroxylation is 1. The number of nitrogens with zero attached hydrogens (tertiary/aromatic N) is 4. The van der Waals surface area contributed by atoms with Crippen LogP contribution in [0, 0.1) is 6.92 Å². The highest BCUT2D eigenvalue weighted by Crippen LogP contribution is 2.21. The summed E-state index contributed by atoms with van der Waals surface area (Å²) in [5.41, 5.74) is 0.881. The number of thiazole rings is 1. The maximum Gasteiger partial charge on any atom is 0.245 e. The molecule has 2 aromatic heterocycles. The van der Waals surface area contributed by atoms with Crippen LogP contribution in [0.15, 0.2) is 5.38 Å². The summed E-state index contributed by atoms with van der Waals surface area (Å²) in [5, 5.41) is 13.7. The van der Waals surface area contributed by atoms with E-state index >= 15 is 0 Å². The van der Waals surface area contributed by atoms with Crippen molar-refractivity contribution < 1.29 is 0 Å². The Morgan fingerprint density at radius 1 is 1.37 bits per heavy atom. The second kappa shape index (κ2) is 5.26. The van der Waals surface area contributed by atoms with E-state index in [9.17, 15) is 0 Å². The highest BCUT2D eigenvalue weighted by atomic mass is 32.1. The fourth-order valence-corrected chi connectivity index (χ4v) is 2.95. The summed E-state index contributed by atoms with van der Waals surface area (Å²) in [6.07, 6.45) is 2.27. The minimum atomic E-state index is 0.621. The minimum Gasteiger partial charge on any atom is -0.339 e. The first kappa shape index (κ1) is 12.6. The lowest BCUT2D eigenvalue weighted by Gasteiger charge is -2.30. The maximum absolute atomic E-state index is 4.55. The first-order valence-corrected chi connectivity index (χ1v) is 7.41. The number of hydrogen-bond acceptors (Lipinski definition) is 6. The van der Waals surface area contributed by atoms with E-state index in [0.29, 0.717) is 6.04 Å². The number of nitrogens with one attached hydrogen (secondary N) is 2. The average molecular weight is 278 g/mol. The largest absolute Gasteiger partial charge is 0.339 e. The van der Waals surface area contributed by atoms with Crippen molar-refractivity contribution >= 4 is 17.3 Å². The van der Waals surface area contributed by atoms with Gasteiger partial charge in [-0.3, -0.25) is 5.10 Å². The standard InChI is InChI=1S/C12H18N6S/c1-8-14-10(7-19-8)11-15-12(17-16-11)18-5-3-9(13-2)4-6-18/h7,9,13H,3-6H2,1-2H3,(H,15,16,17). The van der Waals surface area contributed by atoms with Gasteiger partial charge in [-0.1, -0.05) is 0 Å². The van der Waals surface area contributed by atoms with Gasteiger partial charge in [0.25, 0.3) is 0 Å². The van der Waals surface area contributed by atoms with Gasteiger partial charge in [0, 0.05) is 24.5 Å². The number of piperidine rings is 1. The Kier molecular flexibility index (Phi) is 3.48. The maximum atomic E-state index is 4.55. The van der Waals surface area contributed by atoms with Gasteiger partial charge in [-0.2, -0.15) is 4.98 Å². The van der Waals surface area contributed by atoms with Crippen molar-refractivity contribution in [3.05, 3.63) is 10.4 Å². The van der Waals surface area contributed by atoms with Crippen LogP contribution in [-0.2, 0) is 0 Å². The lowest BCUT2D eigenvalue weighted by atomic mass is 10.1. The summed E-state index contributed by atoms with van der Waals surface area (Å²) in [4.78, 5) is 11.2. The van der Waals surface area contributed by atoms with Crippen LogP contribution in [0.2, 0.25) is 0 Å². The Morgan fingerprint density at radius 2 is 2.16 bits per heavy atom. The molecule has 0 aromatic carbocycles. The Morgan fingerprint density at radius 3 is 2.79 bits per heavy atom. The molecule has 1 aliphatic rings. The fourth-order valence-electron chi connectivity index (χ4n) is 2.35. The molecule has 7 heteroatoms. The van der Waals surface area contributed by atoms with Gasteiger partial charge in [-0.15, -0.1) is 16.4 Å². The summed E-state index contributed by atoms with van der Waals surface area (Å²) >= 11 is 1.63. The molecular weight excluding hydrogens is 260 g/mol. The molecule has 1 aliphatic heterocycles. The minimum absolute atomic E-state index is 0.621. The lowest BCUT2D eigenvalue weighted by molar-refractivity contribution is 0.439. The molecule has 0 aliphatic carbocycles. The second-order valence-electron chi connectivity index (χ2n) is 4.79. The zero-order valence-electron chi connectivity index (χ0n) is 11.2. The van der Waals surface area contributed by atoms with Gasteiger partial charge in [-0.05, 0) is 26.8 Å². The van der Waals surface area contributed by atoms with E-state index in [1.807, 2.05) is 19.4 Å². The number of aromatic amines is 1. The molecule has 3 rings (SSSR count). The molecule has 0 amide bonds. The highest BCUT2D eigenvalue weighted by Gasteiger charge is 2.21. The van der Waals surface area contributed by atoms with Crippen LogP contribution in [0.5, 0.6) is 0 Å². The summed E-state index contributed by atoms with van der Waals surface area (Å²) in [6.45, 7) is 3.99. The Balaban J connectivity index is 1.72. The van der Waals surface area contributed by atoms with E-state index < -0.39 is 0 Å². The van der Waals surface area contributed by atoms with E-state index in [1.165, 1.54) is 0 Å². The van der Waals surface area contributed by atoms with Crippen LogP contribution < -0.4 is 10.2 Å². The number of aromatic nitrogens is 4. The molecule has 19 heavy (non-hydrogen) atoms. The molecule has 102 valence electrons. The average Bonchev–Trinajstić information content (AvgIpc) is 3.07. The van der Waals surface area contributed by atoms with Crippen LogP contribution in [0.4, 0.5) is 5.95 Å². The van der Waals surface area contributed by atoms with Crippen molar-refractivity contribution in [3.63, 3.8) is 0 Å². The molecule has 2 N–H and O–H groups in total. The van der Waals surface area contributed by atoms with Crippen molar-refractivity contribution in [2.24, 2.45) is 0 Å². The zero-order valence-corrected chi connectivity index (χ0v) is 12.0. The third-order valence-corrected chi connectivity index (χ3v) is 4.29. The van der Waals surface area contributed by atoms with Gasteiger partial charge in [-0.25, -0.2) is 4.98 Å². The predicted molar refractivity (Wildman–Crippen MR) is 76.5 cm³/mol. The second-order valence-corrected chi connectivity index (χ2v) is 5.85. The van der Waals surface area contributed by atoms with Crippen LogP contribution in [0.1, 0.15) is 17.8 Å². The van der Waals surface area contributed by atoms with Gasteiger partial charge in [0.2, 0.25) is 5.95 Å². The smallest absolute Gasteiger partial charge is 0.245 e. The molecule has 0 atom stereocenters. The van der Waals surface area contributed by atoms with Crippen molar-refractivity contribution in [1.82, 2.24) is 25.5 Å². The van der Waals surface area contributed by atoms with Gasteiger partial charge in [0.05, 0.1) is 5.01 Å². The molecule has 0 radical (unpaired) electrons. The van der Waals surface area contributed by atoms with E-state index in [4.69, 9.17) is 0 Å². The molecule has 0 saturated carbocycles. The molecule has 3 heterocycles. The number of rotatable bonds is 3. The molecule has 1 saturated heterocycles. The van der Waals surface area contributed by atoms with Gasteiger partial charge >= 0.3 is 0 Å². The topological polar surface area (TPSA) is 69.7 Å². The van der Waals surface area contributed by atoms with Crippen LogP contribution in [-0.4, -0.2) is 46.3 Å². The number of anilines is 1. The van der Waals surface area contributed by atoms with E-state index in [-0.39, 0.29) is 0 Å². The van der Waals surface area contributed by atoms with Crippen LogP contribution in [0.25, 0.3) is 11.5 Å². The highest BCUT2D eigenvalue weighted by molar-refractivity contribution is 7.09. The van der Waals surface area contributed by atoms with E-state index in [1.54, 1.807) is 11.3 Å². The van der Waals surface area contributed by atoms with E-state index in [2.05, 4.69) is 30.4 Å². The number of hydrogen-bond donors (Lipinski definition) is 2. The van der Waals surface area contributed by atoms with E-state index in [0.717, 1.165) is 48.4 Å². The molecule has 6 nitrogen and oxygen atoms in total. The summed E-state index contributed by atoms with van der Waals surface area (Å²) in [6, 6.07) is 0.621. The predicted octanol–water partition coefficient (Wildman–Crippen LogP) is 1.42. The SMILES string of the molecule is CNC1CCN(c2n[nH]c(-c3csc(C)n3)n2)CC1. The quantitative estimate of drug-likeness (QED) is 0.888. The Labute approximate surface area is 116 Å². The Bertz CT molecular complexity index is 540. The summed E-state index contributed by atoms with van der Waals surface area (Å²) in [5.74, 6) is 1.55. The first-order chi connectivity index (χ1) is 9.26. The Hall–Kier alpha value is -1.47. The normalized spacial score (nSPS) is 17.1. The molecule has 0 spiro atoms. The van der Waals surface area contributed by atoms with Crippen molar-refractivity contribution in [1.29, 1.82) is 0 Å². The molecule has 0 unspecified atom stereocenters. The lowest BCUT2D eigenvalue weighted by Crippen LogP contribution is -2.41. The number of H-pyrrole nitrogens is 1. The molecule has 1 fully saturated rings. The van der Waals surface area contributed by atoms with Crippen molar-refractivity contribution in [2.45, 2.75) is 25.8 Å². The van der Waals surface area contributed by atoms with Crippen LogP contribution >= 0.6 is 11.3 Å². The van der Waals surface area contributed by atoms with Gasteiger partial charge < -0.3 is 10.2 Å². The van der Waals surface area contributed by atoms with Crippen LogP contribution in [0.3, 0.4) is 0 Å². The third kappa shape index (κ3) is 2.62. The van der Waals surface area contributed by atoms with Crippen molar-refractivity contribution in [3.8, 4) is 11.5 Å². The monoisotopic (exact) mass is 278 g/mol. The third-order valence-electron chi connectivity index (χ3n) is 3.52. The van der Waals surface area contributed by atoms with Gasteiger partial charge in [0.1, 0.15) is 5.69 Å². The summed E-state index contributed by atoms with van der Waals surface area (Å²) < 4.78 is 0. The van der Waals surface area contributed by atoms with Gasteiger partial charge in [0.15, 0.2) is 5.82 Å².